The predicted octanol–water partition coefficient (Wildman–Crippen LogP) is 17.3. The lowest BCUT2D eigenvalue weighted by Crippen LogP contribution is -2.25. The van der Waals surface area contributed by atoms with E-state index in [1.165, 1.54) is 182 Å². The SMILES string of the molecule is CCCCCCC1(CCCCCC)c2cc(Br)ccc2-c2ccc(-c3nnc(-c4ccc5c(c4)C(CCCCCC)(CCCCCC)c4cc(Br)ccc4-5)o3)cc21. The third-order valence-electron chi connectivity index (χ3n) is 13.4. The minimum atomic E-state index is -0.0175. The summed E-state index contributed by atoms with van der Waals surface area (Å²) in [7, 11) is 0. The molecule has 0 aliphatic heterocycles. The number of aromatic nitrogens is 2. The molecule has 2 aliphatic carbocycles. The van der Waals surface area contributed by atoms with Crippen molar-refractivity contribution < 1.29 is 4.42 Å². The van der Waals surface area contributed by atoms with Gasteiger partial charge in [-0.2, -0.15) is 0 Å². The maximum absolute atomic E-state index is 6.72. The number of fused-ring (bicyclic) bond motifs is 6. The zero-order chi connectivity index (χ0) is 39.8. The van der Waals surface area contributed by atoms with Crippen molar-refractivity contribution in [3.63, 3.8) is 0 Å². The molecule has 0 fully saturated rings. The summed E-state index contributed by atoms with van der Waals surface area (Å²) in [4.78, 5) is 0. The van der Waals surface area contributed by atoms with Crippen molar-refractivity contribution in [2.45, 2.75) is 167 Å². The predicted molar refractivity (Wildman–Crippen MR) is 248 cm³/mol. The highest BCUT2D eigenvalue weighted by Crippen LogP contribution is 2.57. The van der Waals surface area contributed by atoms with Gasteiger partial charge in [-0.1, -0.05) is 187 Å². The molecule has 0 N–H and O–H groups in total. The Morgan fingerprint density at radius 2 is 0.719 bits per heavy atom. The molecular weight excluding hydrogens is 828 g/mol. The van der Waals surface area contributed by atoms with Crippen LogP contribution in [0.2, 0.25) is 0 Å². The van der Waals surface area contributed by atoms with Gasteiger partial charge in [-0.05, 0) is 119 Å². The molecule has 57 heavy (non-hydrogen) atoms. The van der Waals surface area contributed by atoms with Crippen LogP contribution in [0.5, 0.6) is 0 Å². The summed E-state index contributed by atoms with van der Waals surface area (Å²) in [5, 5.41) is 9.53. The highest BCUT2D eigenvalue weighted by Gasteiger charge is 2.44. The highest BCUT2D eigenvalue weighted by atomic mass is 79.9. The van der Waals surface area contributed by atoms with Gasteiger partial charge in [0.2, 0.25) is 11.8 Å². The fourth-order valence-electron chi connectivity index (χ4n) is 10.4. The summed E-state index contributed by atoms with van der Waals surface area (Å²) in [5.41, 5.74) is 13.4. The van der Waals surface area contributed by atoms with E-state index in [-0.39, 0.29) is 10.8 Å². The van der Waals surface area contributed by atoms with E-state index >= 15 is 0 Å². The van der Waals surface area contributed by atoms with Crippen LogP contribution in [-0.2, 0) is 10.8 Å². The van der Waals surface area contributed by atoms with Crippen molar-refractivity contribution in [1.29, 1.82) is 0 Å². The summed E-state index contributed by atoms with van der Waals surface area (Å²) in [5.74, 6) is 1.21. The zero-order valence-electron chi connectivity index (χ0n) is 35.1. The minimum absolute atomic E-state index is 0.0175. The Morgan fingerprint density at radius 3 is 1.05 bits per heavy atom. The summed E-state index contributed by atoms with van der Waals surface area (Å²) in [6, 6.07) is 27.8. The number of nitrogens with zero attached hydrogens (tertiary/aromatic N) is 2. The van der Waals surface area contributed by atoms with E-state index in [4.69, 9.17) is 14.6 Å². The van der Waals surface area contributed by atoms with Crippen LogP contribution in [0.1, 0.15) is 178 Å². The van der Waals surface area contributed by atoms with E-state index in [1.54, 1.807) is 0 Å². The first kappa shape index (κ1) is 42.1. The molecule has 1 heterocycles. The van der Waals surface area contributed by atoms with Gasteiger partial charge in [0.1, 0.15) is 0 Å². The van der Waals surface area contributed by atoms with Crippen LogP contribution >= 0.6 is 31.9 Å². The first-order valence-electron chi connectivity index (χ1n) is 22.6. The minimum Gasteiger partial charge on any atom is -0.416 e. The Labute approximate surface area is 360 Å². The van der Waals surface area contributed by atoms with Crippen LogP contribution in [0.3, 0.4) is 0 Å². The van der Waals surface area contributed by atoms with Crippen LogP contribution in [0.4, 0.5) is 0 Å². The largest absolute Gasteiger partial charge is 0.416 e. The number of halogens is 2. The molecule has 302 valence electrons. The van der Waals surface area contributed by atoms with Gasteiger partial charge in [0.25, 0.3) is 0 Å². The fraction of sp³-hybridized carbons (Fsp3) is 0.500. The third-order valence-corrected chi connectivity index (χ3v) is 14.4. The first-order valence-corrected chi connectivity index (χ1v) is 24.2. The molecule has 0 unspecified atom stereocenters. The lowest BCUT2D eigenvalue weighted by atomic mass is 9.70. The molecule has 7 rings (SSSR count). The Kier molecular flexibility index (Phi) is 14.3. The summed E-state index contributed by atoms with van der Waals surface area (Å²) < 4.78 is 9.05. The molecule has 0 amide bonds. The normalized spacial score (nSPS) is 14.4. The van der Waals surface area contributed by atoms with Gasteiger partial charge in [-0.3, -0.25) is 0 Å². The average molecular weight is 893 g/mol. The zero-order valence-corrected chi connectivity index (χ0v) is 38.3. The molecule has 4 aromatic carbocycles. The van der Waals surface area contributed by atoms with Gasteiger partial charge in [-0.25, -0.2) is 0 Å². The monoisotopic (exact) mass is 890 g/mol. The van der Waals surface area contributed by atoms with E-state index in [9.17, 15) is 0 Å². The lowest BCUT2D eigenvalue weighted by Gasteiger charge is -2.33. The van der Waals surface area contributed by atoms with E-state index < -0.39 is 0 Å². The highest BCUT2D eigenvalue weighted by molar-refractivity contribution is 9.10. The molecule has 3 nitrogen and oxygen atoms in total. The molecule has 1 aromatic heterocycles. The molecule has 0 bridgehead atoms. The molecule has 2 aliphatic rings. The number of hydrogen-bond donors (Lipinski definition) is 0. The lowest BCUT2D eigenvalue weighted by molar-refractivity contribution is 0.401. The number of hydrogen-bond acceptors (Lipinski definition) is 3. The Morgan fingerprint density at radius 1 is 0.404 bits per heavy atom. The van der Waals surface area contributed by atoms with Gasteiger partial charge >= 0.3 is 0 Å². The molecule has 0 saturated heterocycles. The molecule has 0 atom stereocenters. The van der Waals surface area contributed by atoms with Gasteiger partial charge < -0.3 is 4.42 Å². The standard InChI is InChI=1S/C52H64Br2N2O/c1-5-9-13-17-29-51(30-18-14-10-6-2)45-33-37(21-25-41(45)43-27-23-39(53)35-47(43)51)49-55-56-50(57-49)38-22-26-42-44-28-24-40(54)36-48(44)52(46(42)34-38,31-19-15-11-7-3)32-20-16-12-8-4/h21-28,33-36H,5-20,29-32H2,1-4H3. The van der Waals surface area contributed by atoms with Gasteiger partial charge in [0.05, 0.1) is 0 Å². The van der Waals surface area contributed by atoms with Crippen molar-refractivity contribution in [1.82, 2.24) is 10.2 Å². The Bertz CT molecular complexity index is 1940. The van der Waals surface area contributed by atoms with Gasteiger partial charge in [0, 0.05) is 30.9 Å². The second-order valence-electron chi connectivity index (χ2n) is 17.2. The van der Waals surface area contributed by atoms with E-state index in [1.807, 2.05) is 0 Å². The van der Waals surface area contributed by atoms with Gasteiger partial charge in [-0.15, -0.1) is 10.2 Å². The van der Waals surface area contributed by atoms with Crippen molar-refractivity contribution in [3.05, 3.63) is 104 Å². The second kappa shape index (κ2) is 19.4. The Balaban J connectivity index is 1.26. The maximum atomic E-state index is 6.72. The van der Waals surface area contributed by atoms with Gasteiger partial charge in [0.15, 0.2) is 0 Å². The van der Waals surface area contributed by atoms with Crippen LogP contribution in [0.15, 0.2) is 86.2 Å². The number of unbranched alkanes of at least 4 members (excludes halogenated alkanes) is 12. The van der Waals surface area contributed by atoms with E-state index in [0.29, 0.717) is 11.8 Å². The summed E-state index contributed by atoms with van der Waals surface area (Å²) >= 11 is 7.72. The average Bonchev–Trinajstić information content (AvgIpc) is 3.89. The molecule has 5 heteroatoms. The molecule has 5 aromatic rings. The molecular formula is C52H64Br2N2O. The topological polar surface area (TPSA) is 38.9 Å². The van der Waals surface area contributed by atoms with Crippen molar-refractivity contribution in [3.8, 4) is 45.2 Å². The Hall–Kier alpha value is -3.02. The molecule has 0 radical (unpaired) electrons. The van der Waals surface area contributed by atoms with Crippen molar-refractivity contribution >= 4 is 31.9 Å². The quantitative estimate of drug-likeness (QED) is 0.0650. The summed E-state index contributed by atoms with van der Waals surface area (Å²) in [6.07, 6.45) is 24.9. The van der Waals surface area contributed by atoms with Crippen LogP contribution in [0.25, 0.3) is 45.2 Å². The number of benzene rings is 4. The smallest absolute Gasteiger partial charge is 0.248 e. The van der Waals surface area contributed by atoms with Crippen LogP contribution in [-0.4, -0.2) is 10.2 Å². The molecule has 0 saturated carbocycles. The number of rotatable bonds is 22. The fourth-order valence-corrected chi connectivity index (χ4v) is 11.1. The first-order chi connectivity index (χ1) is 27.9. The van der Waals surface area contributed by atoms with Crippen molar-refractivity contribution in [2.75, 3.05) is 0 Å². The third kappa shape index (κ3) is 8.68. The van der Waals surface area contributed by atoms with E-state index in [2.05, 4.69) is 132 Å². The van der Waals surface area contributed by atoms with Crippen LogP contribution < -0.4 is 0 Å². The molecule has 0 spiro atoms. The summed E-state index contributed by atoms with van der Waals surface area (Å²) in [6.45, 7) is 9.24. The second-order valence-corrected chi connectivity index (χ2v) is 19.1. The van der Waals surface area contributed by atoms with Crippen LogP contribution in [0, 0.1) is 0 Å². The van der Waals surface area contributed by atoms with Crippen molar-refractivity contribution in [2.24, 2.45) is 0 Å². The van der Waals surface area contributed by atoms with E-state index in [0.717, 1.165) is 11.1 Å². The maximum Gasteiger partial charge on any atom is 0.248 e.